The minimum Gasteiger partial charge on any atom is -0.375 e. The Labute approximate surface area is 134 Å². The molecule has 7 heteroatoms. The second kappa shape index (κ2) is 8.59. The highest BCUT2D eigenvalue weighted by atomic mass is 19.1. The molecule has 3 N–H and O–H groups in total. The standard InChI is InChI=1S/C16H22FN3O3/c1-11-15(19-7-8-23-11)16(22)20-6-5-18-14(21)10-12-3-2-4-13(17)9-12/h2-4,9,11,15,19H,5-8,10H2,1H3,(H,18,21)(H,20,22)/t11-,15+/m1/s1. The van der Waals surface area contributed by atoms with E-state index in [0.717, 1.165) is 0 Å². The van der Waals surface area contributed by atoms with Crippen LogP contribution in [-0.4, -0.2) is 50.2 Å². The molecule has 1 heterocycles. The van der Waals surface area contributed by atoms with Crippen molar-refractivity contribution in [3.05, 3.63) is 35.6 Å². The van der Waals surface area contributed by atoms with Crippen LogP contribution in [0.5, 0.6) is 0 Å². The zero-order chi connectivity index (χ0) is 16.7. The van der Waals surface area contributed by atoms with E-state index in [9.17, 15) is 14.0 Å². The van der Waals surface area contributed by atoms with Gasteiger partial charge in [-0.2, -0.15) is 0 Å². The molecule has 0 bridgehead atoms. The molecule has 0 unspecified atom stereocenters. The van der Waals surface area contributed by atoms with Crippen LogP contribution in [0.15, 0.2) is 24.3 Å². The maximum atomic E-state index is 13.0. The van der Waals surface area contributed by atoms with E-state index in [1.807, 2.05) is 6.92 Å². The minimum absolute atomic E-state index is 0.112. The lowest BCUT2D eigenvalue weighted by Gasteiger charge is -2.29. The van der Waals surface area contributed by atoms with Gasteiger partial charge in [0.15, 0.2) is 0 Å². The highest BCUT2D eigenvalue weighted by Gasteiger charge is 2.27. The van der Waals surface area contributed by atoms with E-state index in [1.54, 1.807) is 12.1 Å². The molecule has 1 aromatic carbocycles. The average molecular weight is 323 g/mol. The molecule has 0 spiro atoms. The van der Waals surface area contributed by atoms with Crippen LogP contribution in [0.2, 0.25) is 0 Å². The van der Waals surface area contributed by atoms with Crippen molar-refractivity contribution in [1.29, 1.82) is 0 Å². The van der Waals surface area contributed by atoms with Crippen LogP contribution >= 0.6 is 0 Å². The predicted octanol–water partition coefficient (Wildman–Crippen LogP) is -0.0225. The average Bonchev–Trinajstić information content (AvgIpc) is 2.52. The number of nitrogens with one attached hydrogen (secondary N) is 3. The van der Waals surface area contributed by atoms with Crippen molar-refractivity contribution < 1.29 is 18.7 Å². The van der Waals surface area contributed by atoms with Gasteiger partial charge in [0, 0.05) is 19.6 Å². The molecule has 0 aromatic heterocycles. The van der Waals surface area contributed by atoms with Gasteiger partial charge in [-0.1, -0.05) is 12.1 Å². The van der Waals surface area contributed by atoms with Gasteiger partial charge in [0.1, 0.15) is 11.9 Å². The van der Waals surface area contributed by atoms with Crippen LogP contribution in [0, 0.1) is 5.82 Å². The molecule has 1 aliphatic rings. The van der Waals surface area contributed by atoms with E-state index in [0.29, 0.717) is 31.8 Å². The molecule has 1 aromatic rings. The number of halogens is 1. The van der Waals surface area contributed by atoms with Gasteiger partial charge >= 0.3 is 0 Å². The summed E-state index contributed by atoms with van der Waals surface area (Å²) in [4.78, 5) is 23.7. The molecule has 1 fully saturated rings. The minimum atomic E-state index is -0.369. The Hall–Kier alpha value is -1.99. The lowest BCUT2D eigenvalue weighted by Crippen LogP contribution is -2.56. The zero-order valence-electron chi connectivity index (χ0n) is 13.1. The number of hydrogen-bond donors (Lipinski definition) is 3. The van der Waals surface area contributed by atoms with E-state index >= 15 is 0 Å². The third-order valence-electron chi connectivity index (χ3n) is 3.60. The van der Waals surface area contributed by atoms with Gasteiger partial charge in [-0.3, -0.25) is 9.59 Å². The Bertz CT molecular complexity index is 553. The smallest absolute Gasteiger partial charge is 0.239 e. The first-order valence-electron chi connectivity index (χ1n) is 7.70. The molecule has 1 saturated heterocycles. The lowest BCUT2D eigenvalue weighted by atomic mass is 10.1. The first-order valence-corrected chi connectivity index (χ1v) is 7.70. The normalized spacial score (nSPS) is 20.8. The Balaban J connectivity index is 1.64. The number of ether oxygens (including phenoxy) is 1. The van der Waals surface area contributed by atoms with Crippen molar-refractivity contribution in [3.8, 4) is 0 Å². The van der Waals surface area contributed by atoms with E-state index < -0.39 is 0 Å². The number of morpholine rings is 1. The fourth-order valence-electron chi connectivity index (χ4n) is 2.42. The molecule has 2 rings (SSSR count). The molecule has 2 amide bonds. The number of rotatable bonds is 6. The van der Waals surface area contributed by atoms with Crippen molar-refractivity contribution in [3.63, 3.8) is 0 Å². The van der Waals surface area contributed by atoms with E-state index in [2.05, 4.69) is 16.0 Å². The summed E-state index contributed by atoms with van der Waals surface area (Å²) in [5.41, 5.74) is 0.615. The Kier molecular flexibility index (Phi) is 6.49. The van der Waals surface area contributed by atoms with Crippen LogP contribution in [0.1, 0.15) is 12.5 Å². The summed E-state index contributed by atoms with van der Waals surface area (Å²) < 4.78 is 18.4. The second-order valence-corrected chi connectivity index (χ2v) is 5.46. The number of benzene rings is 1. The fourth-order valence-corrected chi connectivity index (χ4v) is 2.42. The summed E-state index contributed by atoms with van der Waals surface area (Å²) in [5, 5.41) is 8.54. The molecule has 1 aliphatic heterocycles. The summed E-state index contributed by atoms with van der Waals surface area (Å²) in [5.74, 6) is -0.715. The molecule has 23 heavy (non-hydrogen) atoms. The van der Waals surface area contributed by atoms with Gasteiger partial charge in [-0.05, 0) is 24.6 Å². The topological polar surface area (TPSA) is 79.5 Å². The van der Waals surface area contributed by atoms with Crippen LogP contribution < -0.4 is 16.0 Å². The SMILES string of the molecule is C[C@H]1OCCN[C@@H]1C(=O)NCCNC(=O)Cc1cccc(F)c1. The summed E-state index contributed by atoms with van der Waals surface area (Å²) in [6.07, 6.45) is -0.0628. The molecular weight excluding hydrogens is 301 g/mol. The molecule has 0 radical (unpaired) electrons. The first kappa shape index (κ1) is 17.4. The second-order valence-electron chi connectivity index (χ2n) is 5.46. The van der Waals surface area contributed by atoms with Crippen molar-refractivity contribution in [1.82, 2.24) is 16.0 Å². The zero-order valence-corrected chi connectivity index (χ0v) is 13.1. The molecule has 2 atom stereocenters. The maximum absolute atomic E-state index is 13.0. The van der Waals surface area contributed by atoms with Gasteiger partial charge in [0.25, 0.3) is 0 Å². The van der Waals surface area contributed by atoms with Crippen LogP contribution in [-0.2, 0) is 20.7 Å². The number of hydrogen-bond acceptors (Lipinski definition) is 4. The molecule has 0 saturated carbocycles. The molecular formula is C16H22FN3O3. The van der Waals surface area contributed by atoms with Crippen molar-refractivity contribution in [2.45, 2.75) is 25.5 Å². The number of carbonyl (C=O) groups excluding carboxylic acids is 2. The van der Waals surface area contributed by atoms with Gasteiger partial charge in [0.2, 0.25) is 11.8 Å². The molecule has 126 valence electrons. The highest BCUT2D eigenvalue weighted by Crippen LogP contribution is 2.04. The number of carbonyl (C=O) groups is 2. The maximum Gasteiger partial charge on any atom is 0.239 e. The van der Waals surface area contributed by atoms with Crippen LogP contribution in [0.4, 0.5) is 4.39 Å². The Morgan fingerprint density at radius 3 is 2.87 bits per heavy atom. The number of amides is 2. The van der Waals surface area contributed by atoms with E-state index in [-0.39, 0.29) is 36.2 Å². The predicted molar refractivity (Wildman–Crippen MR) is 83.3 cm³/mol. The van der Waals surface area contributed by atoms with Crippen LogP contribution in [0.25, 0.3) is 0 Å². The van der Waals surface area contributed by atoms with Gasteiger partial charge in [-0.25, -0.2) is 4.39 Å². The molecule has 0 aliphatic carbocycles. The Morgan fingerprint density at radius 2 is 2.13 bits per heavy atom. The van der Waals surface area contributed by atoms with Gasteiger partial charge < -0.3 is 20.7 Å². The third-order valence-corrected chi connectivity index (χ3v) is 3.60. The molecule has 6 nitrogen and oxygen atoms in total. The van der Waals surface area contributed by atoms with Gasteiger partial charge in [0.05, 0.1) is 19.1 Å². The largest absolute Gasteiger partial charge is 0.375 e. The van der Waals surface area contributed by atoms with Crippen LogP contribution in [0.3, 0.4) is 0 Å². The highest BCUT2D eigenvalue weighted by molar-refractivity contribution is 5.82. The van der Waals surface area contributed by atoms with E-state index in [4.69, 9.17) is 4.74 Å². The lowest BCUT2D eigenvalue weighted by molar-refractivity contribution is -0.129. The van der Waals surface area contributed by atoms with E-state index in [1.165, 1.54) is 12.1 Å². The fraction of sp³-hybridized carbons (Fsp3) is 0.500. The summed E-state index contributed by atoms with van der Waals surface area (Å²) in [6.45, 7) is 3.74. The van der Waals surface area contributed by atoms with Crippen molar-refractivity contribution in [2.24, 2.45) is 0 Å². The quantitative estimate of drug-likeness (QED) is 0.643. The van der Waals surface area contributed by atoms with Gasteiger partial charge in [-0.15, -0.1) is 0 Å². The third kappa shape index (κ3) is 5.61. The van der Waals surface area contributed by atoms with Crippen molar-refractivity contribution in [2.75, 3.05) is 26.2 Å². The first-order chi connectivity index (χ1) is 11.1. The summed E-state index contributed by atoms with van der Waals surface area (Å²) in [6, 6.07) is 5.56. The van der Waals surface area contributed by atoms with Crippen molar-refractivity contribution >= 4 is 11.8 Å². The summed E-state index contributed by atoms with van der Waals surface area (Å²) >= 11 is 0. The monoisotopic (exact) mass is 323 g/mol. The summed E-state index contributed by atoms with van der Waals surface area (Å²) in [7, 11) is 0. The Morgan fingerprint density at radius 1 is 1.35 bits per heavy atom.